The summed E-state index contributed by atoms with van der Waals surface area (Å²) in [6.07, 6.45) is 3.98. The Labute approximate surface area is 102 Å². The Morgan fingerprint density at radius 3 is 2.82 bits per heavy atom. The van der Waals surface area contributed by atoms with Gasteiger partial charge >= 0.3 is 0 Å². The fourth-order valence-corrected chi connectivity index (χ4v) is 2.07. The lowest BCUT2D eigenvalue weighted by Gasteiger charge is -2.19. The first kappa shape index (κ1) is 11.9. The zero-order valence-corrected chi connectivity index (χ0v) is 10.4. The van der Waals surface area contributed by atoms with E-state index in [0.29, 0.717) is 22.7 Å². The van der Waals surface area contributed by atoms with Gasteiger partial charge in [-0.2, -0.15) is 0 Å². The van der Waals surface area contributed by atoms with Gasteiger partial charge in [0.25, 0.3) is 5.91 Å². The summed E-state index contributed by atoms with van der Waals surface area (Å²) in [7, 11) is 0. The molecule has 0 aromatic carbocycles. The molecule has 0 saturated heterocycles. The smallest absolute Gasteiger partial charge is 0.272 e. The second-order valence-electron chi connectivity index (χ2n) is 5.14. The minimum absolute atomic E-state index is 0.171. The molecule has 0 aliphatic heterocycles. The number of anilines is 1. The van der Waals surface area contributed by atoms with E-state index in [0.717, 1.165) is 6.54 Å². The molecule has 1 amide bonds. The van der Waals surface area contributed by atoms with Crippen LogP contribution in [0.1, 0.15) is 37.2 Å². The average molecular weight is 233 g/mol. The van der Waals surface area contributed by atoms with Gasteiger partial charge in [0.1, 0.15) is 0 Å². The van der Waals surface area contributed by atoms with Crippen LogP contribution in [0.5, 0.6) is 0 Å². The highest BCUT2D eigenvalue weighted by Gasteiger charge is 2.45. The van der Waals surface area contributed by atoms with Crippen molar-refractivity contribution in [1.29, 1.82) is 0 Å². The molecule has 4 heteroatoms. The highest BCUT2D eigenvalue weighted by atomic mass is 16.1. The quantitative estimate of drug-likeness (QED) is 0.833. The number of carbonyl (C=O) groups is 1. The number of nitrogen functional groups attached to an aromatic ring is 1. The SMILES string of the molecule is CC(C)C1(CNC(=O)c2ncccc2N)CC1. The number of amides is 1. The van der Waals surface area contributed by atoms with Crippen LogP contribution in [0.4, 0.5) is 5.69 Å². The number of hydrogen-bond acceptors (Lipinski definition) is 3. The highest BCUT2D eigenvalue weighted by molar-refractivity contribution is 5.97. The van der Waals surface area contributed by atoms with Gasteiger partial charge < -0.3 is 11.1 Å². The first-order valence-corrected chi connectivity index (χ1v) is 6.04. The molecular formula is C13H19N3O. The Morgan fingerprint density at radius 2 is 2.29 bits per heavy atom. The topological polar surface area (TPSA) is 68.0 Å². The van der Waals surface area contributed by atoms with Crippen LogP contribution in [-0.4, -0.2) is 17.4 Å². The molecule has 3 N–H and O–H groups in total. The summed E-state index contributed by atoms with van der Waals surface area (Å²) >= 11 is 0. The minimum atomic E-state index is -0.171. The van der Waals surface area contributed by atoms with Crippen molar-refractivity contribution in [2.75, 3.05) is 12.3 Å². The van der Waals surface area contributed by atoms with Gasteiger partial charge in [-0.3, -0.25) is 4.79 Å². The normalized spacial score (nSPS) is 16.9. The molecule has 17 heavy (non-hydrogen) atoms. The van der Waals surface area contributed by atoms with E-state index in [-0.39, 0.29) is 5.91 Å². The average Bonchev–Trinajstić information content (AvgIpc) is 3.07. The third-order valence-corrected chi connectivity index (χ3v) is 3.77. The predicted octanol–water partition coefficient (Wildman–Crippen LogP) is 1.83. The largest absolute Gasteiger partial charge is 0.397 e. The fourth-order valence-electron chi connectivity index (χ4n) is 2.07. The van der Waals surface area contributed by atoms with Crippen molar-refractivity contribution in [3.63, 3.8) is 0 Å². The summed E-state index contributed by atoms with van der Waals surface area (Å²) in [6, 6.07) is 3.42. The number of pyridine rings is 1. The fraction of sp³-hybridized carbons (Fsp3) is 0.538. The van der Waals surface area contributed by atoms with Gasteiger partial charge in [-0.15, -0.1) is 0 Å². The Morgan fingerprint density at radius 1 is 1.59 bits per heavy atom. The summed E-state index contributed by atoms with van der Waals surface area (Å²) in [5, 5.41) is 2.94. The van der Waals surface area contributed by atoms with E-state index in [9.17, 15) is 4.79 Å². The number of carbonyl (C=O) groups excluding carboxylic acids is 1. The molecule has 0 atom stereocenters. The van der Waals surface area contributed by atoms with E-state index in [1.807, 2.05) is 0 Å². The molecule has 1 saturated carbocycles. The van der Waals surface area contributed by atoms with Gasteiger partial charge in [0.05, 0.1) is 5.69 Å². The number of rotatable bonds is 4. The van der Waals surface area contributed by atoms with Crippen molar-refractivity contribution in [3.8, 4) is 0 Å². The molecule has 4 nitrogen and oxygen atoms in total. The molecule has 1 fully saturated rings. The van der Waals surface area contributed by atoms with Crippen molar-refractivity contribution in [1.82, 2.24) is 10.3 Å². The van der Waals surface area contributed by atoms with Crippen LogP contribution in [0.3, 0.4) is 0 Å². The molecule has 1 aromatic heterocycles. The van der Waals surface area contributed by atoms with E-state index in [1.165, 1.54) is 12.8 Å². The van der Waals surface area contributed by atoms with Crippen molar-refractivity contribution in [2.45, 2.75) is 26.7 Å². The Bertz CT molecular complexity index is 424. The zero-order valence-electron chi connectivity index (χ0n) is 10.4. The maximum atomic E-state index is 11.9. The van der Waals surface area contributed by atoms with Crippen LogP contribution in [0.2, 0.25) is 0 Å². The monoisotopic (exact) mass is 233 g/mol. The number of nitrogens with two attached hydrogens (primary N) is 1. The lowest BCUT2D eigenvalue weighted by molar-refractivity contribution is 0.0936. The van der Waals surface area contributed by atoms with Crippen LogP contribution in [-0.2, 0) is 0 Å². The Kier molecular flexibility index (Phi) is 3.05. The van der Waals surface area contributed by atoms with Crippen molar-refractivity contribution in [2.24, 2.45) is 11.3 Å². The summed E-state index contributed by atoms with van der Waals surface area (Å²) < 4.78 is 0. The van der Waals surface area contributed by atoms with Crippen LogP contribution < -0.4 is 11.1 Å². The molecule has 0 spiro atoms. The molecule has 1 aliphatic rings. The van der Waals surface area contributed by atoms with Crippen LogP contribution in [0.15, 0.2) is 18.3 Å². The molecule has 1 aliphatic carbocycles. The summed E-state index contributed by atoms with van der Waals surface area (Å²) in [6.45, 7) is 5.13. The maximum Gasteiger partial charge on any atom is 0.272 e. The molecule has 92 valence electrons. The summed E-state index contributed by atoms with van der Waals surface area (Å²) in [5.74, 6) is 0.430. The van der Waals surface area contributed by atoms with Crippen molar-refractivity contribution >= 4 is 11.6 Å². The number of aromatic nitrogens is 1. The van der Waals surface area contributed by atoms with Crippen LogP contribution >= 0.6 is 0 Å². The van der Waals surface area contributed by atoms with E-state index in [4.69, 9.17) is 5.73 Å². The third-order valence-electron chi connectivity index (χ3n) is 3.77. The highest BCUT2D eigenvalue weighted by Crippen LogP contribution is 2.51. The number of nitrogens with zero attached hydrogens (tertiary/aromatic N) is 1. The van der Waals surface area contributed by atoms with Gasteiger partial charge in [0.2, 0.25) is 0 Å². The second-order valence-corrected chi connectivity index (χ2v) is 5.14. The Balaban J connectivity index is 1.97. The maximum absolute atomic E-state index is 11.9. The lowest BCUT2D eigenvalue weighted by atomic mass is 9.92. The molecular weight excluding hydrogens is 214 g/mol. The molecule has 0 unspecified atom stereocenters. The molecule has 2 rings (SSSR count). The summed E-state index contributed by atoms with van der Waals surface area (Å²) in [5.41, 5.74) is 6.77. The van der Waals surface area contributed by atoms with Gasteiger partial charge in [0, 0.05) is 12.7 Å². The first-order valence-electron chi connectivity index (χ1n) is 6.04. The van der Waals surface area contributed by atoms with Crippen molar-refractivity contribution < 1.29 is 4.79 Å². The lowest BCUT2D eigenvalue weighted by Crippen LogP contribution is -2.33. The number of nitrogens with one attached hydrogen (secondary N) is 1. The van der Waals surface area contributed by atoms with E-state index < -0.39 is 0 Å². The van der Waals surface area contributed by atoms with E-state index in [2.05, 4.69) is 24.1 Å². The summed E-state index contributed by atoms with van der Waals surface area (Å²) in [4.78, 5) is 15.9. The Hall–Kier alpha value is -1.58. The second kappa shape index (κ2) is 4.35. The number of hydrogen-bond donors (Lipinski definition) is 2. The molecule has 1 aromatic rings. The standard InChI is InChI=1S/C13H19N3O/c1-9(2)13(5-6-13)8-16-12(17)11-10(14)4-3-7-15-11/h3-4,7,9H,5-6,8,14H2,1-2H3,(H,16,17). The van der Waals surface area contributed by atoms with Crippen LogP contribution in [0.25, 0.3) is 0 Å². The van der Waals surface area contributed by atoms with Gasteiger partial charge in [-0.1, -0.05) is 13.8 Å². The zero-order chi connectivity index (χ0) is 12.5. The van der Waals surface area contributed by atoms with Gasteiger partial charge in [-0.05, 0) is 36.3 Å². The van der Waals surface area contributed by atoms with Gasteiger partial charge in [-0.25, -0.2) is 4.98 Å². The molecule has 0 bridgehead atoms. The first-order chi connectivity index (χ1) is 8.05. The van der Waals surface area contributed by atoms with Gasteiger partial charge in [0.15, 0.2) is 5.69 Å². The minimum Gasteiger partial charge on any atom is -0.397 e. The molecule has 0 radical (unpaired) electrons. The van der Waals surface area contributed by atoms with E-state index >= 15 is 0 Å². The van der Waals surface area contributed by atoms with Crippen molar-refractivity contribution in [3.05, 3.63) is 24.0 Å². The third kappa shape index (κ3) is 2.40. The van der Waals surface area contributed by atoms with E-state index in [1.54, 1.807) is 18.3 Å². The van der Waals surface area contributed by atoms with Crippen LogP contribution in [0, 0.1) is 11.3 Å². The predicted molar refractivity (Wildman–Crippen MR) is 67.5 cm³/mol. The molecule has 1 heterocycles.